The van der Waals surface area contributed by atoms with Crippen molar-refractivity contribution >= 4 is 32.5 Å². The Balaban J connectivity index is 1.83. The number of hydrogen-bond acceptors (Lipinski definition) is 6. The van der Waals surface area contributed by atoms with Gasteiger partial charge in [-0.25, -0.2) is 26.0 Å². The molecule has 0 saturated carbocycles. The van der Waals surface area contributed by atoms with E-state index < -0.39 is 66.6 Å². The first-order valence-electron chi connectivity index (χ1n) is 9.43. The molecule has 9 nitrogen and oxygen atoms in total. The third kappa shape index (κ3) is 3.81. The van der Waals surface area contributed by atoms with Gasteiger partial charge in [0.2, 0.25) is 0 Å². The van der Waals surface area contributed by atoms with Gasteiger partial charge in [0.1, 0.15) is 33.4 Å². The van der Waals surface area contributed by atoms with Gasteiger partial charge in [-0.05, 0) is 25.1 Å². The lowest BCUT2D eigenvalue weighted by Crippen LogP contribution is -2.18. The van der Waals surface area contributed by atoms with Gasteiger partial charge in [0.05, 0.1) is 28.5 Å². The number of aromatic nitrogens is 4. The van der Waals surface area contributed by atoms with Crippen molar-refractivity contribution in [1.29, 1.82) is 0 Å². The van der Waals surface area contributed by atoms with Crippen LogP contribution in [0.25, 0.3) is 22.2 Å². The van der Waals surface area contributed by atoms with E-state index in [4.69, 9.17) is 0 Å². The number of nitrogens with zero attached hydrogens (tertiary/aromatic N) is 3. The number of benzene rings is 1. The SMILES string of the molecule is CNC(=O)c1[nH]nc2c(F)c(-c3c(F)ccc(NS(=O)(=O)c4cc(F)cnc4C)c3F)ncc12. The maximum Gasteiger partial charge on any atom is 0.269 e. The summed E-state index contributed by atoms with van der Waals surface area (Å²) in [6.07, 6.45) is 1.81. The van der Waals surface area contributed by atoms with Gasteiger partial charge in [-0.3, -0.25) is 24.6 Å². The van der Waals surface area contributed by atoms with Gasteiger partial charge in [0.15, 0.2) is 11.6 Å². The highest BCUT2D eigenvalue weighted by molar-refractivity contribution is 7.92. The molecule has 176 valence electrons. The van der Waals surface area contributed by atoms with Gasteiger partial charge in [0, 0.05) is 13.2 Å². The molecule has 1 amide bonds. The highest BCUT2D eigenvalue weighted by Gasteiger charge is 2.27. The Morgan fingerprint density at radius 3 is 2.50 bits per heavy atom. The summed E-state index contributed by atoms with van der Waals surface area (Å²) in [6.45, 7) is 1.30. The summed E-state index contributed by atoms with van der Waals surface area (Å²) >= 11 is 0. The quantitative estimate of drug-likeness (QED) is 0.366. The fourth-order valence-electron chi connectivity index (χ4n) is 3.22. The first-order valence-corrected chi connectivity index (χ1v) is 10.9. The number of aryl methyl sites for hydroxylation is 1. The number of H-pyrrole nitrogens is 1. The molecule has 3 aromatic heterocycles. The van der Waals surface area contributed by atoms with Gasteiger partial charge in [-0.1, -0.05) is 0 Å². The van der Waals surface area contributed by atoms with Crippen LogP contribution in [-0.2, 0) is 10.0 Å². The lowest BCUT2D eigenvalue weighted by molar-refractivity contribution is 0.0959. The number of carbonyl (C=O) groups is 1. The molecule has 0 saturated heterocycles. The Morgan fingerprint density at radius 2 is 1.79 bits per heavy atom. The molecule has 1 aromatic carbocycles. The monoisotopic (exact) mass is 494 g/mol. The molecular formula is C20H14F4N6O3S. The van der Waals surface area contributed by atoms with Crippen molar-refractivity contribution in [3.63, 3.8) is 0 Å². The van der Waals surface area contributed by atoms with Crippen LogP contribution in [0.2, 0.25) is 0 Å². The van der Waals surface area contributed by atoms with Crippen LogP contribution in [0.5, 0.6) is 0 Å². The molecule has 4 rings (SSSR count). The number of pyridine rings is 2. The Bertz CT molecular complexity index is 1570. The van der Waals surface area contributed by atoms with Crippen LogP contribution >= 0.6 is 0 Å². The summed E-state index contributed by atoms with van der Waals surface area (Å²) in [7, 11) is -3.21. The van der Waals surface area contributed by atoms with E-state index in [2.05, 4.69) is 25.5 Å². The van der Waals surface area contributed by atoms with E-state index in [0.717, 1.165) is 18.5 Å². The first-order chi connectivity index (χ1) is 16.0. The average Bonchev–Trinajstić information content (AvgIpc) is 3.23. The molecule has 3 heterocycles. The molecule has 0 bridgehead atoms. The molecule has 0 fully saturated rings. The molecular weight excluding hydrogens is 480 g/mol. The molecule has 3 N–H and O–H groups in total. The Morgan fingerprint density at radius 1 is 1.06 bits per heavy atom. The maximum atomic E-state index is 15.3. The Kier molecular flexibility index (Phi) is 5.69. The van der Waals surface area contributed by atoms with E-state index >= 15 is 8.78 Å². The minimum absolute atomic E-state index is 0.0349. The second-order valence-corrected chi connectivity index (χ2v) is 8.64. The van der Waals surface area contributed by atoms with Gasteiger partial charge in [-0.2, -0.15) is 5.10 Å². The van der Waals surface area contributed by atoms with Crippen LogP contribution in [0.15, 0.2) is 35.5 Å². The minimum atomic E-state index is -4.55. The van der Waals surface area contributed by atoms with Crippen molar-refractivity contribution in [1.82, 2.24) is 25.5 Å². The van der Waals surface area contributed by atoms with E-state index in [1.165, 1.54) is 14.0 Å². The van der Waals surface area contributed by atoms with Crippen LogP contribution in [0.3, 0.4) is 0 Å². The van der Waals surface area contributed by atoms with Crippen LogP contribution < -0.4 is 10.0 Å². The molecule has 0 atom stereocenters. The summed E-state index contributed by atoms with van der Waals surface area (Å²) in [5.74, 6) is -5.52. The molecule has 0 aliphatic carbocycles. The third-order valence-corrected chi connectivity index (χ3v) is 6.35. The Hall–Kier alpha value is -4.07. The van der Waals surface area contributed by atoms with Crippen LogP contribution in [0.1, 0.15) is 16.2 Å². The van der Waals surface area contributed by atoms with Crippen molar-refractivity contribution in [3.8, 4) is 11.3 Å². The summed E-state index contributed by atoms with van der Waals surface area (Å²) in [5, 5.41) is 8.28. The number of hydrogen-bond donors (Lipinski definition) is 3. The largest absolute Gasteiger partial charge is 0.354 e. The zero-order chi connectivity index (χ0) is 24.8. The van der Waals surface area contributed by atoms with Crippen molar-refractivity contribution in [2.24, 2.45) is 0 Å². The molecule has 14 heteroatoms. The molecule has 0 unspecified atom stereocenters. The second-order valence-electron chi connectivity index (χ2n) is 6.99. The smallest absolute Gasteiger partial charge is 0.269 e. The lowest BCUT2D eigenvalue weighted by atomic mass is 10.1. The van der Waals surface area contributed by atoms with Gasteiger partial charge >= 0.3 is 0 Å². The number of anilines is 1. The summed E-state index contributed by atoms with van der Waals surface area (Å²) in [6, 6.07) is 2.17. The molecule has 0 aliphatic heterocycles. The molecule has 34 heavy (non-hydrogen) atoms. The third-order valence-electron chi connectivity index (χ3n) is 4.87. The van der Waals surface area contributed by atoms with E-state index in [1.54, 1.807) is 0 Å². The molecule has 4 aromatic rings. The summed E-state index contributed by atoms with van der Waals surface area (Å²) < 4.78 is 85.7. The summed E-state index contributed by atoms with van der Waals surface area (Å²) in [5.41, 5.74) is -3.11. The van der Waals surface area contributed by atoms with Crippen LogP contribution in [0, 0.1) is 30.2 Å². The number of fused-ring (bicyclic) bond motifs is 1. The average molecular weight is 494 g/mol. The van der Waals surface area contributed by atoms with E-state index in [9.17, 15) is 22.0 Å². The number of nitrogens with one attached hydrogen (secondary N) is 3. The van der Waals surface area contributed by atoms with E-state index in [0.29, 0.717) is 12.1 Å². The molecule has 0 spiro atoms. The van der Waals surface area contributed by atoms with Crippen molar-refractivity contribution in [3.05, 3.63) is 65.2 Å². The van der Waals surface area contributed by atoms with Crippen LogP contribution in [0.4, 0.5) is 23.2 Å². The number of sulfonamides is 1. The fraction of sp³-hybridized carbons (Fsp3) is 0.100. The predicted octanol–water partition coefficient (Wildman–Crippen LogP) is 3.05. The fourth-order valence-corrected chi connectivity index (χ4v) is 4.49. The zero-order valence-corrected chi connectivity index (χ0v) is 18.2. The normalized spacial score (nSPS) is 11.6. The maximum absolute atomic E-state index is 15.3. The zero-order valence-electron chi connectivity index (χ0n) is 17.4. The number of halogens is 4. The minimum Gasteiger partial charge on any atom is -0.354 e. The van der Waals surface area contributed by atoms with E-state index in [1.807, 2.05) is 4.72 Å². The van der Waals surface area contributed by atoms with Crippen LogP contribution in [-0.4, -0.2) is 41.5 Å². The molecule has 0 aliphatic rings. The van der Waals surface area contributed by atoms with Crippen molar-refractivity contribution < 1.29 is 30.8 Å². The second kappa shape index (κ2) is 8.37. The predicted molar refractivity (Wildman–Crippen MR) is 112 cm³/mol. The van der Waals surface area contributed by atoms with Gasteiger partial charge in [-0.15, -0.1) is 0 Å². The molecule has 0 radical (unpaired) electrons. The topological polar surface area (TPSA) is 130 Å². The number of rotatable bonds is 5. The number of amides is 1. The van der Waals surface area contributed by atoms with E-state index in [-0.39, 0.29) is 16.8 Å². The standard InChI is InChI=1S/C20H14F4N6O3S/c1-8-13(5-9(21)6-26-8)34(32,33)30-12-4-3-11(22)14(15(12)23)19-16(24)17-10(7-27-19)18(29-28-17)20(31)25-2/h3-7,30H,1-2H3,(H,25,31)(H,28,29). The van der Waals surface area contributed by atoms with Gasteiger partial charge in [0.25, 0.3) is 15.9 Å². The summed E-state index contributed by atoms with van der Waals surface area (Å²) in [4.78, 5) is 18.6. The highest BCUT2D eigenvalue weighted by atomic mass is 32.2. The lowest BCUT2D eigenvalue weighted by Gasteiger charge is -2.13. The van der Waals surface area contributed by atoms with Crippen molar-refractivity contribution in [2.75, 3.05) is 11.8 Å². The first kappa shape index (κ1) is 23.1. The number of carbonyl (C=O) groups excluding carboxylic acids is 1. The Labute approximate surface area is 189 Å². The van der Waals surface area contributed by atoms with Gasteiger partial charge < -0.3 is 5.32 Å². The highest BCUT2D eigenvalue weighted by Crippen LogP contribution is 2.34. The number of aromatic amines is 1. The van der Waals surface area contributed by atoms with Crippen molar-refractivity contribution in [2.45, 2.75) is 11.8 Å².